The van der Waals surface area contributed by atoms with Gasteiger partial charge in [0.05, 0.1) is 27.8 Å². The van der Waals surface area contributed by atoms with Crippen molar-refractivity contribution < 1.29 is 0 Å². The highest BCUT2D eigenvalue weighted by atomic mass is 32.1. The molecule has 5 nitrogen and oxygen atoms in total. The molecule has 0 bridgehead atoms. The third kappa shape index (κ3) is 3.38. The van der Waals surface area contributed by atoms with Crippen LogP contribution in [-0.2, 0) is 6.67 Å². The Kier molecular flexibility index (Phi) is 4.65. The Bertz CT molecular complexity index is 1070. The van der Waals surface area contributed by atoms with Gasteiger partial charge in [0.25, 0.3) is 0 Å². The van der Waals surface area contributed by atoms with E-state index in [1.54, 1.807) is 11.3 Å². The van der Waals surface area contributed by atoms with Gasteiger partial charge in [-0.3, -0.25) is 10.00 Å². The van der Waals surface area contributed by atoms with Crippen molar-refractivity contribution in [1.29, 1.82) is 0 Å². The number of aromatic nitrogens is 4. The molecule has 1 aromatic carbocycles. The molecule has 27 heavy (non-hydrogen) atoms. The maximum atomic E-state index is 5.51. The van der Waals surface area contributed by atoms with E-state index >= 15 is 0 Å². The molecule has 8 heteroatoms. The molecule has 1 aliphatic heterocycles. The zero-order valence-corrected chi connectivity index (χ0v) is 17.1. The van der Waals surface area contributed by atoms with Crippen LogP contribution in [0.1, 0.15) is 30.3 Å². The lowest BCUT2D eigenvalue weighted by Gasteiger charge is -2.34. The van der Waals surface area contributed by atoms with Crippen LogP contribution in [0.2, 0.25) is 0 Å². The van der Waals surface area contributed by atoms with E-state index < -0.39 is 0 Å². The van der Waals surface area contributed by atoms with Gasteiger partial charge in [-0.2, -0.15) is 4.98 Å². The summed E-state index contributed by atoms with van der Waals surface area (Å²) in [7, 11) is 0. The second-order valence-electron chi connectivity index (χ2n) is 6.75. The van der Waals surface area contributed by atoms with Crippen LogP contribution in [0.4, 0.5) is 0 Å². The van der Waals surface area contributed by atoms with E-state index in [4.69, 9.17) is 17.2 Å². The van der Waals surface area contributed by atoms with Crippen LogP contribution in [-0.4, -0.2) is 31.2 Å². The number of rotatable bonds is 4. The first-order chi connectivity index (χ1) is 13.3. The number of benzene rings is 1. The van der Waals surface area contributed by atoms with E-state index in [9.17, 15) is 0 Å². The molecule has 0 spiro atoms. The topological polar surface area (TPSA) is 49.7 Å². The first-order valence-electron chi connectivity index (χ1n) is 9.08. The van der Waals surface area contributed by atoms with Crippen molar-refractivity contribution in [3.8, 4) is 10.7 Å². The predicted molar refractivity (Wildman–Crippen MR) is 114 cm³/mol. The summed E-state index contributed by atoms with van der Waals surface area (Å²) in [5.41, 5.74) is 1.10. The standard InChI is InChI=1S/C19H19N5S3/c25-19-21-17(16-9-5-11-26-16)22-24(19)12-23-10-4-3-7-14(23)18-20-13-6-1-2-8-15(13)27-18/h1-2,5-6,8-9,11,14H,3-4,7,10,12H2,(H,21,22,25)/t14-/m0/s1. The second-order valence-corrected chi connectivity index (χ2v) is 9.12. The van der Waals surface area contributed by atoms with Crippen LogP contribution in [0.15, 0.2) is 41.8 Å². The first kappa shape index (κ1) is 17.2. The van der Waals surface area contributed by atoms with Crippen LogP contribution in [0.5, 0.6) is 0 Å². The van der Waals surface area contributed by atoms with Gasteiger partial charge in [0.1, 0.15) is 5.01 Å². The van der Waals surface area contributed by atoms with Crippen LogP contribution in [0.25, 0.3) is 20.9 Å². The third-order valence-corrected chi connectivity index (χ3v) is 7.29. The molecule has 4 heterocycles. The van der Waals surface area contributed by atoms with E-state index in [0.29, 0.717) is 10.8 Å². The van der Waals surface area contributed by atoms with E-state index in [2.05, 4.69) is 50.7 Å². The molecule has 3 aromatic heterocycles. The molecule has 0 aliphatic carbocycles. The number of nitrogens with one attached hydrogen (secondary N) is 1. The molecule has 0 radical (unpaired) electrons. The van der Waals surface area contributed by atoms with Gasteiger partial charge in [-0.05, 0) is 48.6 Å². The fraction of sp³-hybridized carbons (Fsp3) is 0.316. The van der Waals surface area contributed by atoms with Gasteiger partial charge in [-0.25, -0.2) is 9.67 Å². The van der Waals surface area contributed by atoms with E-state index in [1.165, 1.54) is 22.5 Å². The van der Waals surface area contributed by atoms with Crippen molar-refractivity contribution in [1.82, 2.24) is 24.6 Å². The maximum absolute atomic E-state index is 5.51. The summed E-state index contributed by atoms with van der Waals surface area (Å²) >= 11 is 8.99. The van der Waals surface area contributed by atoms with Crippen molar-refractivity contribution in [2.24, 2.45) is 0 Å². The Hall–Kier alpha value is -1.87. The number of hydrogen-bond donors (Lipinski definition) is 1. The largest absolute Gasteiger partial charge is 0.277 e. The molecule has 1 aliphatic rings. The quantitative estimate of drug-likeness (QED) is 0.451. The highest BCUT2D eigenvalue weighted by Gasteiger charge is 2.27. The predicted octanol–water partition coefficient (Wildman–Crippen LogP) is 5.46. The lowest BCUT2D eigenvalue weighted by Crippen LogP contribution is -2.35. The van der Waals surface area contributed by atoms with Crippen molar-refractivity contribution in [2.45, 2.75) is 32.0 Å². The van der Waals surface area contributed by atoms with Crippen molar-refractivity contribution in [2.75, 3.05) is 6.54 Å². The van der Waals surface area contributed by atoms with E-state index in [-0.39, 0.29) is 0 Å². The van der Waals surface area contributed by atoms with Crippen molar-refractivity contribution in [3.05, 3.63) is 51.6 Å². The summed E-state index contributed by atoms with van der Waals surface area (Å²) in [5, 5.41) is 6.65. The van der Waals surface area contributed by atoms with Gasteiger partial charge >= 0.3 is 0 Å². The molecule has 5 rings (SSSR count). The fourth-order valence-corrected chi connectivity index (χ4v) is 5.63. The monoisotopic (exact) mass is 413 g/mol. The summed E-state index contributed by atoms with van der Waals surface area (Å²) in [6.45, 7) is 1.77. The molecule has 0 amide bonds. The van der Waals surface area contributed by atoms with Crippen LogP contribution < -0.4 is 0 Å². The molecular formula is C19H19N5S3. The summed E-state index contributed by atoms with van der Waals surface area (Å²) in [6.07, 6.45) is 3.59. The van der Waals surface area contributed by atoms with Gasteiger partial charge in [0.15, 0.2) is 5.82 Å². The van der Waals surface area contributed by atoms with Gasteiger partial charge in [-0.1, -0.05) is 24.6 Å². The molecule has 0 saturated carbocycles. The zero-order chi connectivity index (χ0) is 18.2. The number of nitrogens with zero attached hydrogens (tertiary/aromatic N) is 4. The molecule has 4 aromatic rings. The Labute approximate surface area is 170 Å². The molecule has 1 fully saturated rings. The Morgan fingerprint density at radius 1 is 1.15 bits per heavy atom. The number of aromatic amines is 1. The number of thiazole rings is 1. The highest BCUT2D eigenvalue weighted by Crippen LogP contribution is 2.36. The Balaban J connectivity index is 1.43. The fourth-order valence-electron chi connectivity index (χ4n) is 3.63. The van der Waals surface area contributed by atoms with Gasteiger partial charge in [-0.15, -0.1) is 22.7 Å². The SMILES string of the molecule is S=c1nc(-c2cccs2)[nH]n1CN1CCCC[C@H]1c1nc2ccccc2s1. The summed E-state index contributed by atoms with van der Waals surface area (Å²) in [6, 6.07) is 12.8. The average molecular weight is 414 g/mol. The molecular weight excluding hydrogens is 394 g/mol. The summed E-state index contributed by atoms with van der Waals surface area (Å²) in [5.74, 6) is 0.851. The van der Waals surface area contributed by atoms with Crippen LogP contribution in [0, 0.1) is 4.77 Å². The minimum atomic E-state index is 0.339. The summed E-state index contributed by atoms with van der Waals surface area (Å²) in [4.78, 5) is 13.0. The minimum Gasteiger partial charge on any atom is -0.277 e. The number of H-pyrrole nitrogens is 1. The number of thiophene rings is 1. The van der Waals surface area contributed by atoms with Crippen LogP contribution in [0.3, 0.4) is 0 Å². The normalized spacial score (nSPS) is 18.3. The highest BCUT2D eigenvalue weighted by molar-refractivity contribution is 7.71. The van der Waals surface area contributed by atoms with Gasteiger partial charge in [0, 0.05) is 6.54 Å². The number of likely N-dealkylation sites (tertiary alicyclic amines) is 1. The zero-order valence-electron chi connectivity index (χ0n) is 14.7. The maximum Gasteiger partial charge on any atom is 0.217 e. The van der Waals surface area contributed by atoms with E-state index in [0.717, 1.165) is 35.9 Å². The smallest absolute Gasteiger partial charge is 0.217 e. The Morgan fingerprint density at radius 3 is 2.93 bits per heavy atom. The molecule has 1 saturated heterocycles. The summed E-state index contributed by atoms with van der Waals surface area (Å²) < 4.78 is 3.85. The minimum absolute atomic E-state index is 0.339. The first-order valence-corrected chi connectivity index (χ1v) is 11.2. The van der Waals surface area contributed by atoms with Crippen molar-refractivity contribution in [3.63, 3.8) is 0 Å². The molecule has 1 atom stereocenters. The van der Waals surface area contributed by atoms with Crippen LogP contribution >= 0.6 is 34.9 Å². The average Bonchev–Trinajstić information content (AvgIpc) is 3.42. The lowest BCUT2D eigenvalue weighted by atomic mass is 10.0. The van der Waals surface area contributed by atoms with E-state index in [1.807, 2.05) is 22.1 Å². The third-order valence-electron chi connectivity index (χ3n) is 4.97. The molecule has 0 unspecified atom stereocenters. The number of para-hydroxylation sites is 1. The van der Waals surface area contributed by atoms with Crippen molar-refractivity contribution >= 4 is 45.1 Å². The lowest BCUT2D eigenvalue weighted by molar-refractivity contribution is 0.103. The van der Waals surface area contributed by atoms with Gasteiger partial charge in [0.2, 0.25) is 4.77 Å². The molecule has 138 valence electrons. The number of piperidine rings is 1. The number of fused-ring (bicyclic) bond motifs is 1. The Morgan fingerprint density at radius 2 is 2.07 bits per heavy atom. The second kappa shape index (κ2) is 7.27. The van der Waals surface area contributed by atoms with Gasteiger partial charge < -0.3 is 0 Å². The molecule has 1 N–H and O–H groups in total. The number of hydrogen-bond acceptors (Lipinski definition) is 6.